The topological polar surface area (TPSA) is 41.6 Å². The van der Waals surface area contributed by atoms with E-state index in [1.807, 2.05) is 75.2 Å². The highest BCUT2D eigenvalue weighted by molar-refractivity contribution is 5.93. The normalized spacial score (nSPS) is 10.7. The molecule has 0 aromatic heterocycles. The summed E-state index contributed by atoms with van der Waals surface area (Å²) in [6, 6.07) is 13.9. The van der Waals surface area contributed by atoms with Crippen LogP contribution in [0.3, 0.4) is 0 Å². The maximum Gasteiger partial charge on any atom is 0.238 e. The van der Waals surface area contributed by atoms with Gasteiger partial charge in [0.2, 0.25) is 5.91 Å². The standard InChI is InChI=1S/C20H26N2O2/c1-5-24-18-12-7-6-11-17(18)13-22(4)14-19(23)21-20-15(2)9-8-10-16(20)3/h6-12H,5,13-14H2,1-4H3,(H,21,23). The van der Waals surface area contributed by atoms with Crippen LogP contribution < -0.4 is 10.1 Å². The van der Waals surface area contributed by atoms with Crippen LogP contribution in [-0.2, 0) is 11.3 Å². The molecule has 0 aliphatic rings. The Morgan fingerprint density at radius 2 is 1.75 bits per heavy atom. The van der Waals surface area contributed by atoms with E-state index in [1.165, 1.54) is 0 Å². The van der Waals surface area contributed by atoms with Gasteiger partial charge in [0, 0.05) is 17.8 Å². The number of aryl methyl sites for hydroxylation is 2. The van der Waals surface area contributed by atoms with Gasteiger partial charge in [0.15, 0.2) is 0 Å². The number of benzene rings is 2. The lowest BCUT2D eigenvalue weighted by Gasteiger charge is -2.19. The van der Waals surface area contributed by atoms with Gasteiger partial charge >= 0.3 is 0 Å². The summed E-state index contributed by atoms with van der Waals surface area (Å²) in [5.74, 6) is 0.866. The highest BCUT2D eigenvalue weighted by Crippen LogP contribution is 2.21. The Morgan fingerprint density at radius 1 is 1.08 bits per heavy atom. The number of rotatable bonds is 7. The molecule has 0 heterocycles. The summed E-state index contributed by atoms with van der Waals surface area (Å²) in [5.41, 5.74) is 4.15. The van der Waals surface area contributed by atoms with Crippen LogP contribution in [0.2, 0.25) is 0 Å². The van der Waals surface area contributed by atoms with Gasteiger partial charge in [-0.1, -0.05) is 36.4 Å². The Hall–Kier alpha value is -2.33. The Morgan fingerprint density at radius 3 is 2.42 bits per heavy atom. The number of carbonyl (C=O) groups excluding carboxylic acids is 1. The third-order valence-corrected chi connectivity index (χ3v) is 3.87. The van der Waals surface area contributed by atoms with E-state index < -0.39 is 0 Å². The number of hydrogen-bond acceptors (Lipinski definition) is 3. The van der Waals surface area contributed by atoms with Gasteiger partial charge in [-0.15, -0.1) is 0 Å². The summed E-state index contributed by atoms with van der Waals surface area (Å²) in [6.45, 7) is 7.60. The van der Waals surface area contributed by atoms with Crippen molar-refractivity contribution in [1.82, 2.24) is 4.90 Å². The van der Waals surface area contributed by atoms with E-state index in [-0.39, 0.29) is 5.91 Å². The number of amides is 1. The van der Waals surface area contributed by atoms with Crippen molar-refractivity contribution in [3.05, 3.63) is 59.2 Å². The summed E-state index contributed by atoms with van der Waals surface area (Å²) in [4.78, 5) is 14.3. The molecule has 0 aliphatic carbocycles. The number of nitrogens with one attached hydrogen (secondary N) is 1. The van der Waals surface area contributed by atoms with Crippen LogP contribution in [0.25, 0.3) is 0 Å². The number of ether oxygens (including phenoxy) is 1. The van der Waals surface area contributed by atoms with Crippen molar-refractivity contribution >= 4 is 11.6 Å². The molecule has 0 bridgehead atoms. The van der Waals surface area contributed by atoms with Gasteiger partial charge in [0.1, 0.15) is 5.75 Å². The summed E-state index contributed by atoms with van der Waals surface area (Å²) in [6.07, 6.45) is 0. The van der Waals surface area contributed by atoms with Gasteiger partial charge in [0.05, 0.1) is 13.2 Å². The van der Waals surface area contributed by atoms with Crippen LogP contribution in [0, 0.1) is 13.8 Å². The van der Waals surface area contributed by atoms with Gasteiger partial charge < -0.3 is 10.1 Å². The Bertz CT molecular complexity index is 678. The average Bonchev–Trinajstić information content (AvgIpc) is 2.53. The van der Waals surface area contributed by atoms with Crippen molar-refractivity contribution in [2.75, 3.05) is 25.5 Å². The molecular formula is C20H26N2O2. The first kappa shape index (κ1) is 18.0. The molecule has 2 aromatic rings. The number of anilines is 1. The molecule has 0 saturated heterocycles. The average molecular weight is 326 g/mol. The molecule has 0 unspecified atom stereocenters. The van der Waals surface area contributed by atoms with Crippen LogP contribution in [0.5, 0.6) is 5.75 Å². The summed E-state index contributed by atoms with van der Waals surface area (Å²) >= 11 is 0. The quantitative estimate of drug-likeness (QED) is 0.842. The van der Waals surface area contributed by atoms with Crippen molar-refractivity contribution in [2.45, 2.75) is 27.3 Å². The first-order valence-corrected chi connectivity index (χ1v) is 8.26. The second-order valence-corrected chi connectivity index (χ2v) is 6.03. The van der Waals surface area contributed by atoms with Crippen molar-refractivity contribution < 1.29 is 9.53 Å². The minimum Gasteiger partial charge on any atom is -0.494 e. The minimum atomic E-state index is -0.0104. The predicted molar refractivity (Wildman–Crippen MR) is 98.5 cm³/mol. The second-order valence-electron chi connectivity index (χ2n) is 6.03. The number of hydrogen-bond donors (Lipinski definition) is 1. The molecule has 128 valence electrons. The van der Waals surface area contributed by atoms with E-state index in [0.717, 1.165) is 28.1 Å². The summed E-state index contributed by atoms with van der Waals surface area (Å²) < 4.78 is 5.64. The largest absolute Gasteiger partial charge is 0.494 e. The third kappa shape index (κ3) is 4.83. The van der Waals surface area contributed by atoms with E-state index in [0.29, 0.717) is 19.7 Å². The smallest absolute Gasteiger partial charge is 0.238 e. The van der Waals surface area contributed by atoms with Crippen LogP contribution in [0.4, 0.5) is 5.69 Å². The van der Waals surface area contributed by atoms with Crippen LogP contribution in [0.1, 0.15) is 23.6 Å². The fraction of sp³-hybridized carbons (Fsp3) is 0.350. The second kappa shape index (κ2) is 8.50. The fourth-order valence-electron chi connectivity index (χ4n) is 2.71. The molecule has 0 spiro atoms. The van der Waals surface area contributed by atoms with Crippen molar-refractivity contribution in [2.24, 2.45) is 0 Å². The van der Waals surface area contributed by atoms with Gasteiger partial charge in [-0.3, -0.25) is 9.69 Å². The monoisotopic (exact) mass is 326 g/mol. The van der Waals surface area contributed by atoms with Crippen LogP contribution >= 0.6 is 0 Å². The van der Waals surface area contributed by atoms with Crippen LogP contribution in [0.15, 0.2) is 42.5 Å². The SMILES string of the molecule is CCOc1ccccc1CN(C)CC(=O)Nc1c(C)cccc1C. The zero-order valence-corrected chi connectivity index (χ0v) is 14.9. The number of para-hydroxylation sites is 2. The lowest BCUT2D eigenvalue weighted by Crippen LogP contribution is -2.30. The highest BCUT2D eigenvalue weighted by atomic mass is 16.5. The molecule has 0 saturated carbocycles. The van der Waals surface area contributed by atoms with Gasteiger partial charge in [-0.2, -0.15) is 0 Å². The minimum absolute atomic E-state index is 0.0104. The number of carbonyl (C=O) groups is 1. The molecule has 0 atom stereocenters. The molecule has 4 nitrogen and oxygen atoms in total. The fourth-order valence-corrected chi connectivity index (χ4v) is 2.71. The molecule has 0 aliphatic heterocycles. The summed E-state index contributed by atoms with van der Waals surface area (Å²) in [7, 11) is 1.94. The van der Waals surface area contributed by atoms with Gasteiger partial charge in [-0.25, -0.2) is 0 Å². The van der Waals surface area contributed by atoms with E-state index in [1.54, 1.807) is 0 Å². The molecule has 1 N–H and O–H groups in total. The molecule has 24 heavy (non-hydrogen) atoms. The Kier molecular flexibility index (Phi) is 6.38. The van der Waals surface area contributed by atoms with E-state index in [4.69, 9.17) is 4.74 Å². The molecule has 4 heteroatoms. The van der Waals surface area contributed by atoms with Gasteiger partial charge in [0.25, 0.3) is 0 Å². The van der Waals surface area contributed by atoms with Crippen molar-refractivity contribution in [3.8, 4) is 5.75 Å². The maximum atomic E-state index is 12.3. The summed E-state index contributed by atoms with van der Waals surface area (Å²) in [5, 5.41) is 3.02. The number of nitrogens with zero attached hydrogens (tertiary/aromatic N) is 1. The van der Waals surface area contributed by atoms with Gasteiger partial charge in [-0.05, 0) is 45.0 Å². The highest BCUT2D eigenvalue weighted by Gasteiger charge is 2.12. The van der Waals surface area contributed by atoms with Crippen molar-refractivity contribution in [1.29, 1.82) is 0 Å². The zero-order valence-electron chi connectivity index (χ0n) is 14.9. The predicted octanol–water partition coefficient (Wildman–Crippen LogP) is 3.77. The van der Waals surface area contributed by atoms with Crippen molar-refractivity contribution in [3.63, 3.8) is 0 Å². The first-order valence-electron chi connectivity index (χ1n) is 8.26. The molecule has 2 aromatic carbocycles. The first-order chi connectivity index (χ1) is 11.5. The molecule has 0 fully saturated rings. The Labute approximate surface area is 144 Å². The van der Waals surface area contributed by atoms with E-state index in [2.05, 4.69) is 5.32 Å². The molecular weight excluding hydrogens is 300 g/mol. The van der Waals surface area contributed by atoms with E-state index >= 15 is 0 Å². The lowest BCUT2D eigenvalue weighted by molar-refractivity contribution is -0.117. The molecule has 0 radical (unpaired) electrons. The molecule has 1 amide bonds. The zero-order chi connectivity index (χ0) is 17.5. The lowest BCUT2D eigenvalue weighted by atomic mass is 10.1. The van der Waals surface area contributed by atoms with Crippen LogP contribution in [-0.4, -0.2) is 31.0 Å². The number of likely N-dealkylation sites (N-methyl/N-ethyl adjacent to an activating group) is 1. The Balaban J connectivity index is 1.97. The third-order valence-electron chi connectivity index (χ3n) is 3.87. The van der Waals surface area contributed by atoms with E-state index in [9.17, 15) is 4.79 Å². The maximum absolute atomic E-state index is 12.3. The molecule has 2 rings (SSSR count).